The summed E-state index contributed by atoms with van der Waals surface area (Å²) in [6.45, 7) is 4.28. The Labute approximate surface area is 193 Å². The van der Waals surface area contributed by atoms with Crippen molar-refractivity contribution in [2.45, 2.75) is 50.5 Å². The lowest BCUT2D eigenvalue weighted by atomic mass is 10.1. The molecular weight excluding hydrogens is 450 g/mol. The van der Waals surface area contributed by atoms with Crippen molar-refractivity contribution in [1.82, 2.24) is 4.31 Å². The molecule has 2 heterocycles. The third kappa shape index (κ3) is 4.27. The van der Waals surface area contributed by atoms with E-state index in [1.165, 1.54) is 22.2 Å². The first-order valence-corrected chi connectivity index (χ1v) is 12.5. The number of halogens is 1. The van der Waals surface area contributed by atoms with Crippen LogP contribution < -0.4 is 10.2 Å². The average molecular weight is 476 g/mol. The standard InChI is InChI=1S/C23H26ClN3O4S/c1-15-12-18(24)6-8-20(15)25-23(29)22-14-17-13-19(7-9-21(17)27(22)16(2)28)32(30,31)26-10-4-3-5-11-26/h6-9,12-13,22H,3-5,10-11,14H2,1-2H3,(H,25,29)/t22-/m1/s1. The second-order valence-electron chi connectivity index (χ2n) is 8.31. The average Bonchev–Trinajstić information content (AvgIpc) is 3.15. The van der Waals surface area contributed by atoms with Crippen molar-refractivity contribution in [1.29, 1.82) is 0 Å². The Hall–Kier alpha value is -2.42. The van der Waals surface area contributed by atoms with Gasteiger partial charge in [-0.3, -0.25) is 14.5 Å². The third-order valence-corrected chi connectivity index (χ3v) is 8.21. The van der Waals surface area contributed by atoms with Gasteiger partial charge in [-0.25, -0.2) is 8.42 Å². The number of hydrogen-bond donors (Lipinski definition) is 1. The van der Waals surface area contributed by atoms with E-state index in [9.17, 15) is 18.0 Å². The van der Waals surface area contributed by atoms with Gasteiger partial charge in [0.25, 0.3) is 0 Å². The number of hydrogen-bond acceptors (Lipinski definition) is 4. The molecule has 9 heteroatoms. The van der Waals surface area contributed by atoms with Gasteiger partial charge < -0.3 is 5.32 Å². The fourth-order valence-electron chi connectivity index (χ4n) is 4.43. The van der Waals surface area contributed by atoms with E-state index in [-0.39, 0.29) is 23.1 Å². The summed E-state index contributed by atoms with van der Waals surface area (Å²) in [5.74, 6) is -0.606. The Morgan fingerprint density at radius 2 is 1.78 bits per heavy atom. The van der Waals surface area contributed by atoms with Gasteiger partial charge in [0.15, 0.2) is 0 Å². The Kier molecular flexibility index (Phi) is 6.29. The van der Waals surface area contributed by atoms with E-state index in [1.54, 1.807) is 30.3 Å². The fourth-order valence-corrected chi connectivity index (χ4v) is 6.22. The molecule has 0 radical (unpaired) electrons. The van der Waals surface area contributed by atoms with Gasteiger partial charge in [-0.2, -0.15) is 4.31 Å². The monoisotopic (exact) mass is 475 g/mol. The molecule has 32 heavy (non-hydrogen) atoms. The Balaban J connectivity index is 1.61. The summed E-state index contributed by atoms with van der Waals surface area (Å²) in [4.78, 5) is 27.2. The van der Waals surface area contributed by atoms with E-state index in [2.05, 4.69) is 5.32 Å². The van der Waals surface area contributed by atoms with Crippen molar-refractivity contribution in [3.8, 4) is 0 Å². The predicted molar refractivity (Wildman–Crippen MR) is 125 cm³/mol. The smallest absolute Gasteiger partial charge is 0.247 e. The van der Waals surface area contributed by atoms with Gasteiger partial charge >= 0.3 is 0 Å². The maximum Gasteiger partial charge on any atom is 0.247 e. The highest BCUT2D eigenvalue weighted by Crippen LogP contribution is 2.36. The second kappa shape index (κ2) is 8.84. The lowest BCUT2D eigenvalue weighted by Gasteiger charge is -2.26. The molecule has 2 aliphatic heterocycles. The van der Waals surface area contributed by atoms with Crippen LogP contribution in [0.1, 0.15) is 37.3 Å². The Morgan fingerprint density at radius 1 is 1.06 bits per heavy atom. The van der Waals surface area contributed by atoms with Crippen molar-refractivity contribution in [2.24, 2.45) is 0 Å². The van der Waals surface area contributed by atoms with Crippen molar-refractivity contribution < 1.29 is 18.0 Å². The zero-order valence-corrected chi connectivity index (χ0v) is 19.7. The molecule has 2 amide bonds. The number of rotatable bonds is 4. The van der Waals surface area contributed by atoms with Crippen LogP contribution in [0, 0.1) is 6.92 Å². The molecule has 1 N–H and O–H groups in total. The van der Waals surface area contributed by atoms with Gasteiger partial charge in [-0.1, -0.05) is 18.0 Å². The second-order valence-corrected chi connectivity index (χ2v) is 10.7. The third-order valence-electron chi connectivity index (χ3n) is 6.08. The molecular formula is C23H26ClN3O4S. The quantitative estimate of drug-likeness (QED) is 0.729. The minimum atomic E-state index is -3.60. The van der Waals surface area contributed by atoms with Crippen LogP contribution in [0.3, 0.4) is 0 Å². The zero-order chi connectivity index (χ0) is 23.0. The topological polar surface area (TPSA) is 86.8 Å². The fraction of sp³-hybridized carbons (Fsp3) is 0.391. The summed E-state index contributed by atoms with van der Waals surface area (Å²) in [6.07, 6.45) is 2.99. The summed E-state index contributed by atoms with van der Waals surface area (Å²) in [5.41, 5.74) is 2.67. The number of amides is 2. The Morgan fingerprint density at radius 3 is 2.44 bits per heavy atom. The van der Waals surface area contributed by atoms with Crippen LogP contribution in [0.2, 0.25) is 5.02 Å². The summed E-state index contributed by atoms with van der Waals surface area (Å²) >= 11 is 6.00. The number of nitrogens with zero attached hydrogens (tertiary/aromatic N) is 2. The number of nitrogens with one attached hydrogen (secondary N) is 1. The molecule has 4 rings (SSSR count). The SMILES string of the molecule is CC(=O)N1c2ccc(S(=O)(=O)N3CCCCC3)cc2C[C@@H]1C(=O)Nc1ccc(Cl)cc1C. The maximum atomic E-state index is 13.1. The van der Waals surface area contributed by atoms with E-state index in [0.717, 1.165) is 24.8 Å². The van der Waals surface area contributed by atoms with Crippen LogP contribution in [0.15, 0.2) is 41.3 Å². The largest absolute Gasteiger partial charge is 0.324 e. The van der Waals surface area contributed by atoms with Gasteiger partial charge in [0.05, 0.1) is 4.90 Å². The molecule has 2 aromatic carbocycles. The maximum absolute atomic E-state index is 13.1. The van der Waals surface area contributed by atoms with Crippen molar-refractivity contribution in [3.63, 3.8) is 0 Å². The molecule has 2 aliphatic rings. The molecule has 1 fully saturated rings. The molecule has 2 aromatic rings. The number of carbonyl (C=O) groups is 2. The summed E-state index contributed by atoms with van der Waals surface area (Å²) in [7, 11) is -3.60. The van der Waals surface area contributed by atoms with Gasteiger partial charge in [0.2, 0.25) is 21.8 Å². The van der Waals surface area contributed by atoms with Crippen LogP contribution >= 0.6 is 11.6 Å². The van der Waals surface area contributed by atoms with Gasteiger partial charge in [-0.05, 0) is 67.3 Å². The van der Waals surface area contributed by atoms with E-state index < -0.39 is 16.1 Å². The molecule has 0 unspecified atom stereocenters. The van der Waals surface area contributed by atoms with Crippen LogP contribution in [-0.2, 0) is 26.0 Å². The van der Waals surface area contributed by atoms with E-state index >= 15 is 0 Å². The number of piperidine rings is 1. The van der Waals surface area contributed by atoms with E-state index in [0.29, 0.717) is 35.1 Å². The number of aryl methyl sites for hydroxylation is 1. The van der Waals surface area contributed by atoms with Crippen molar-refractivity contribution >= 4 is 44.8 Å². The van der Waals surface area contributed by atoms with Crippen molar-refractivity contribution in [2.75, 3.05) is 23.3 Å². The highest BCUT2D eigenvalue weighted by Gasteiger charge is 2.38. The molecule has 0 spiro atoms. The lowest BCUT2D eigenvalue weighted by Crippen LogP contribution is -2.44. The van der Waals surface area contributed by atoms with Crippen LogP contribution in [0.25, 0.3) is 0 Å². The number of sulfonamides is 1. The molecule has 0 saturated carbocycles. The minimum Gasteiger partial charge on any atom is -0.324 e. The van der Waals surface area contributed by atoms with Gasteiger partial charge in [-0.15, -0.1) is 0 Å². The first kappa shape index (κ1) is 22.8. The molecule has 1 atom stereocenters. The molecule has 7 nitrogen and oxygen atoms in total. The van der Waals surface area contributed by atoms with E-state index in [4.69, 9.17) is 11.6 Å². The van der Waals surface area contributed by atoms with Crippen LogP contribution in [-0.4, -0.2) is 43.7 Å². The summed E-state index contributed by atoms with van der Waals surface area (Å²) in [6, 6.07) is 9.17. The van der Waals surface area contributed by atoms with E-state index in [1.807, 2.05) is 6.92 Å². The van der Waals surface area contributed by atoms with Crippen LogP contribution in [0.5, 0.6) is 0 Å². The lowest BCUT2D eigenvalue weighted by molar-refractivity contribution is -0.122. The molecule has 0 aliphatic carbocycles. The summed E-state index contributed by atoms with van der Waals surface area (Å²) < 4.78 is 27.7. The zero-order valence-electron chi connectivity index (χ0n) is 18.1. The minimum absolute atomic E-state index is 0.205. The highest BCUT2D eigenvalue weighted by atomic mass is 35.5. The highest BCUT2D eigenvalue weighted by molar-refractivity contribution is 7.89. The molecule has 0 aromatic heterocycles. The first-order valence-electron chi connectivity index (χ1n) is 10.7. The van der Waals surface area contributed by atoms with Gasteiger partial charge in [0.1, 0.15) is 6.04 Å². The Bertz CT molecular complexity index is 1180. The first-order chi connectivity index (χ1) is 15.2. The molecule has 0 bridgehead atoms. The van der Waals surface area contributed by atoms with Crippen LogP contribution in [0.4, 0.5) is 11.4 Å². The molecule has 1 saturated heterocycles. The number of fused-ring (bicyclic) bond motifs is 1. The normalized spacial score (nSPS) is 19.0. The number of benzene rings is 2. The summed E-state index contributed by atoms with van der Waals surface area (Å²) in [5, 5.41) is 3.45. The van der Waals surface area contributed by atoms with Gasteiger partial charge in [0, 0.05) is 42.8 Å². The predicted octanol–water partition coefficient (Wildman–Crippen LogP) is 3.74. The number of anilines is 2. The van der Waals surface area contributed by atoms with Crippen molar-refractivity contribution in [3.05, 3.63) is 52.5 Å². The number of carbonyl (C=O) groups excluding carboxylic acids is 2. The molecule has 170 valence electrons.